The zero-order valence-corrected chi connectivity index (χ0v) is 19.6. The van der Waals surface area contributed by atoms with Gasteiger partial charge < -0.3 is 28.3 Å². The monoisotopic (exact) mass is 458 g/mol. The Labute approximate surface area is 193 Å². The van der Waals surface area contributed by atoms with Gasteiger partial charge in [-0.25, -0.2) is 9.59 Å². The summed E-state index contributed by atoms with van der Waals surface area (Å²) in [5, 5.41) is 0. The van der Waals surface area contributed by atoms with Crippen molar-refractivity contribution in [1.29, 1.82) is 0 Å². The Kier molecular flexibility index (Phi) is 6.51. The van der Waals surface area contributed by atoms with Crippen LogP contribution in [0, 0.1) is 0 Å². The van der Waals surface area contributed by atoms with Crippen molar-refractivity contribution in [2.75, 3.05) is 28.4 Å². The first kappa shape index (κ1) is 23.0. The summed E-state index contributed by atoms with van der Waals surface area (Å²) in [6.45, 7) is 0. The highest BCUT2D eigenvalue weighted by atomic mass is 16.6. The first-order valence-corrected chi connectivity index (χ1v) is 10.9. The molecule has 0 N–H and O–H groups in total. The molecule has 0 saturated carbocycles. The molecule has 4 atom stereocenters. The van der Waals surface area contributed by atoms with E-state index < -0.39 is 5.97 Å². The minimum atomic E-state index is -0.458. The van der Waals surface area contributed by atoms with E-state index in [1.165, 1.54) is 21.3 Å². The van der Waals surface area contributed by atoms with E-state index in [1.54, 1.807) is 22.8 Å². The van der Waals surface area contributed by atoms with E-state index in [-0.39, 0.29) is 30.3 Å². The summed E-state index contributed by atoms with van der Waals surface area (Å²) in [5.74, 6) is 0.400. The van der Waals surface area contributed by atoms with Crippen LogP contribution in [-0.2, 0) is 16.5 Å². The highest BCUT2D eigenvalue weighted by Crippen LogP contribution is 2.40. The number of hydrogen-bond acceptors (Lipinski definition) is 8. The van der Waals surface area contributed by atoms with Crippen molar-refractivity contribution in [1.82, 2.24) is 9.47 Å². The molecule has 0 amide bonds. The van der Waals surface area contributed by atoms with Crippen LogP contribution in [0.25, 0.3) is 0 Å². The molecule has 4 rings (SSSR count). The second-order valence-corrected chi connectivity index (χ2v) is 8.48. The third-order valence-corrected chi connectivity index (χ3v) is 6.66. The van der Waals surface area contributed by atoms with Gasteiger partial charge in [-0.1, -0.05) is 0 Å². The molecule has 0 spiro atoms. The molecule has 2 fully saturated rings. The van der Waals surface area contributed by atoms with E-state index >= 15 is 0 Å². The number of carbonyl (C=O) groups is 2. The van der Waals surface area contributed by atoms with Gasteiger partial charge in [-0.05, 0) is 31.3 Å². The van der Waals surface area contributed by atoms with Crippen LogP contribution in [0.1, 0.15) is 40.1 Å². The molecule has 178 valence electrons. The van der Waals surface area contributed by atoms with E-state index in [1.807, 2.05) is 26.4 Å². The van der Waals surface area contributed by atoms with Crippen molar-refractivity contribution in [3.63, 3.8) is 0 Å². The van der Waals surface area contributed by atoms with Gasteiger partial charge in [0.15, 0.2) is 11.5 Å². The molecular weight excluding hydrogens is 428 g/mol. The molecule has 2 saturated heterocycles. The molecule has 2 aromatic rings. The van der Waals surface area contributed by atoms with E-state index in [0.29, 0.717) is 41.3 Å². The number of benzene rings is 1. The maximum atomic E-state index is 12.9. The molecule has 9 heteroatoms. The van der Waals surface area contributed by atoms with Gasteiger partial charge in [-0.2, -0.15) is 0 Å². The molecule has 0 radical (unpaired) electrons. The summed E-state index contributed by atoms with van der Waals surface area (Å²) in [4.78, 5) is 27.8. The van der Waals surface area contributed by atoms with Gasteiger partial charge in [-0.15, -0.1) is 0 Å². The minimum Gasteiger partial charge on any atom is -0.493 e. The van der Waals surface area contributed by atoms with E-state index in [9.17, 15) is 9.59 Å². The van der Waals surface area contributed by atoms with E-state index in [2.05, 4.69) is 4.90 Å². The van der Waals surface area contributed by atoms with Crippen molar-refractivity contribution in [3.8, 4) is 17.2 Å². The fraction of sp³-hybridized carbons (Fsp3) is 0.500. The van der Waals surface area contributed by atoms with E-state index in [4.69, 9.17) is 23.7 Å². The number of nitrogens with zero attached hydrogens (tertiary/aromatic N) is 2. The number of methoxy groups -OCH3 is 3. The largest absolute Gasteiger partial charge is 0.493 e. The van der Waals surface area contributed by atoms with Crippen molar-refractivity contribution >= 4 is 11.9 Å². The Bertz CT molecular complexity index is 1010. The van der Waals surface area contributed by atoms with Crippen molar-refractivity contribution in [2.24, 2.45) is 7.05 Å². The lowest BCUT2D eigenvalue weighted by Crippen LogP contribution is -2.46. The summed E-state index contributed by atoms with van der Waals surface area (Å²) in [6.07, 6.45) is 3.29. The van der Waals surface area contributed by atoms with Crippen LogP contribution in [0.4, 0.5) is 0 Å². The normalized spacial score (nSPS) is 24.3. The number of esters is 2. The number of aromatic nitrogens is 1. The molecule has 9 nitrogen and oxygen atoms in total. The van der Waals surface area contributed by atoms with Crippen LogP contribution in [0.2, 0.25) is 0 Å². The number of hydrogen-bond donors (Lipinski definition) is 0. The zero-order chi connectivity index (χ0) is 23.7. The quantitative estimate of drug-likeness (QED) is 0.585. The molecule has 0 aliphatic carbocycles. The second kappa shape index (κ2) is 9.35. The molecular formula is C24H30N2O7. The topological polar surface area (TPSA) is 88.5 Å². The van der Waals surface area contributed by atoms with Gasteiger partial charge in [0.25, 0.3) is 0 Å². The van der Waals surface area contributed by atoms with Crippen molar-refractivity contribution in [3.05, 3.63) is 41.7 Å². The molecule has 33 heavy (non-hydrogen) atoms. The molecule has 3 heterocycles. The predicted octanol–water partition coefficient (Wildman–Crippen LogP) is 2.67. The van der Waals surface area contributed by atoms with Crippen LogP contribution < -0.4 is 14.2 Å². The number of fused-ring (bicyclic) bond motifs is 2. The Morgan fingerprint density at radius 3 is 2.18 bits per heavy atom. The lowest BCUT2D eigenvalue weighted by molar-refractivity contribution is -0.0154. The molecule has 4 unspecified atom stereocenters. The van der Waals surface area contributed by atoms with Gasteiger partial charge in [-0.3, -0.25) is 4.90 Å². The Morgan fingerprint density at radius 1 is 0.909 bits per heavy atom. The van der Waals surface area contributed by atoms with Gasteiger partial charge >= 0.3 is 11.9 Å². The number of ether oxygens (including phenoxy) is 5. The van der Waals surface area contributed by atoms with Crippen LogP contribution in [0.3, 0.4) is 0 Å². The number of aryl methyl sites for hydroxylation is 1. The zero-order valence-electron chi connectivity index (χ0n) is 19.6. The molecule has 2 aliphatic rings. The molecule has 2 bridgehead atoms. The molecule has 1 aromatic carbocycles. The second-order valence-electron chi connectivity index (χ2n) is 8.48. The third-order valence-electron chi connectivity index (χ3n) is 6.66. The van der Waals surface area contributed by atoms with Gasteiger partial charge in [0, 0.05) is 38.5 Å². The number of rotatable bonds is 7. The smallest absolute Gasteiger partial charge is 0.355 e. The Balaban J connectivity index is 1.44. The Morgan fingerprint density at radius 2 is 1.61 bits per heavy atom. The van der Waals surface area contributed by atoms with E-state index in [0.717, 1.165) is 6.42 Å². The Hall–Kier alpha value is -3.20. The summed E-state index contributed by atoms with van der Waals surface area (Å²) < 4.78 is 29.5. The number of likely N-dealkylation sites (N-methyl/N-ethyl adjacent to an activating group) is 1. The van der Waals surface area contributed by atoms with Gasteiger partial charge in [0.2, 0.25) is 5.75 Å². The number of piperidine rings is 1. The van der Waals surface area contributed by atoms with Gasteiger partial charge in [0.05, 0.1) is 32.9 Å². The average molecular weight is 459 g/mol. The number of carbonyl (C=O) groups excluding carboxylic acids is 2. The van der Waals surface area contributed by atoms with Crippen molar-refractivity contribution < 1.29 is 33.3 Å². The predicted molar refractivity (Wildman–Crippen MR) is 119 cm³/mol. The third kappa shape index (κ3) is 4.37. The van der Waals surface area contributed by atoms with Crippen LogP contribution in [0.15, 0.2) is 30.5 Å². The highest BCUT2D eigenvalue weighted by Gasteiger charge is 2.48. The summed E-state index contributed by atoms with van der Waals surface area (Å²) in [6, 6.07) is 6.89. The standard InChI is InChI=1S/C24H30N2O7/c1-25-8-6-7-17(25)24(28)33-19-12-15-11-16(13-18(19)26(15)2)32-23(27)14-9-20(29-3)22(31-5)21(10-14)30-4/h6-10,15-16,18-19H,11-13H2,1-5H3. The fourth-order valence-electron chi connectivity index (χ4n) is 4.89. The summed E-state index contributed by atoms with van der Waals surface area (Å²) in [7, 11) is 8.35. The SMILES string of the molecule is COc1cc(C(=O)OC2CC3CC(OC(=O)c4cccn4C)C(C2)N3C)cc(OC)c1OC. The fourth-order valence-corrected chi connectivity index (χ4v) is 4.89. The van der Waals surface area contributed by atoms with Crippen molar-refractivity contribution in [2.45, 2.75) is 43.6 Å². The maximum absolute atomic E-state index is 12.9. The van der Waals surface area contributed by atoms with Crippen LogP contribution in [-0.4, -0.2) is 74.1 Å². The minimum absolute atomic E-state index is 0.00860. The lowest BCUT2D eigenvalue weighted by atomic mass is 10.00. The summed E-state index contributed by atoms with van der Waals surface area (Å²) in [5.41, 5.74) is 0.840. The first-order chi connectivity index (χ1) is 15.9. The summed E-state index contributed by atoms with van der Waals surface area (Å²) >= 11 is 0. The van der Waals surface area contributed by atoms with Gasteiger partial charge in [0.1, 0.15) is 17.9 Å². The van der Waals surface area contributed by atoms with Crippen LogP contribution in [0.5, 0.6) is 17.2 Å². The first-order valence-electron chi connectivity index (χ1n) is 10.9. The molecule has 1 aromatic heterocycles. The highest BCUT2D eigenvalue weighted by molar-refractivity contribution is 5.91. The average Bonchev–Trinajstić information content (AvgIpc) is 3.30. The molecule has 2 aliphatic heterocycles. The van der Waals surface area contributed by atoms with Crippen LogP contribution >= 0.6 is 0 Å². The maximum Gasteiger partial charge on any atom is 0.355 e. The lowest BCUT2D eigenvalue weighted by Gasteiger charge is -2.36.